The van der Waals surface area contributed by atoms with Crippen LogP contribution in [0, 0.1) is 0 Å². The normalized spacial score (nSPS) is 14.6. The summed E-state index contributed by atoms with van der Waals surface area (Å²) in [6.07, 6.45) is 2.26. The molecule has 0 saturated carbocycles. The topological polar surface area (TPSA) is 104 Å². The number of aromatic nitrogens is 1. The molecule has 158 valence electrons. The van der Waals surface area contributed by atoms with E-state index in [4.69, 9.17) is 18.0 Å². The first kappa shape index (κ1) is 21.7. The van der Waals surface area contributed by atoms with Crippen molar-refractivity contribution in [3.05, 3.63) is 65.5 Å². The Bertz CT molecular complexity index is 954. The Morgan fingerprint density at radius 3 is 2.70 bits per heavy atom. The van der Waals surface area contributed by atoms with Gasteiger partial charge in [-0.2, -0.15) is 0 Å². The maximum absolute atomic E-state index is 13.3. The molecule has 1 amide bonds. The van der Waals surface area contributed by atoms with Crippen molar-refractivity contribution < 1.29 is 9.90 Å². The van der Waals surface area contributed by atoms with Crippen molar-refractivity contribution in [3.8, 4) is 0 Å². The standard InChI is InChI=1S/C22H27N5O2S/c1-22(2,29)14-27-11-9-17(25-13-15-8-10-24-18(23)12-15)19(21(27)28)20(30)26-16-6-4-3-5-7-16/h3-8,10,12,25,29H,9,11,13-14H2,1-2H3,(H2,23,24)(H,26,30). The Labute approximate surface area is 182 Å². The number of rotatable bonds is 7. The molecule has 0 atom stereocenters. The second-order valence-electron chi connectivity index (χ2n) is 7.91. The third-order valence-electron chi connectivity index (χ3n) is 4.62. The molecular formula is C22H27N5O2S. The van der Waals surface area contributed by atoms with Crippen LogP contribution in [0.3, 0.4) is 0 Å². The highest BCUT2D eigenvalue weighted by Crippen LogP contribution is 2.23. The van der Waals surface area contributed by atoms with Crippen molar-refractivity contribution in [2.45, 2.75) is 32.4 Å². The molecule has 1 aromatic heterocycles. The third-order valence-corrected chi connectivity index (χ3v) is 4.93. The van der Waals surface area contributed by atoms with Gasteiger partial charge in [0.05, 0.1) is 11.2 Å². The Balaban J connectivity index is 1.86. The van der Waals surface area contributed by atoms with E-state index < -0.39 is 5.60 Å². The largest absolute Gasteiger partial charge is 0.389 e. The summed E-state index contributed by atoms with van der Waals surface area (Å²) in [6.45, 7) is 4.61. The van der Waals surface area contributed by atoms with Gasteiger partial charge in [-0.05, 0) is 43.7 Å². The highest BCUT2D eigenvalue weighted by Gasteiger charge is 2.32. The van der Waals surface area contributed by atoms with Gasteiger partial charge in [0.2, 0.25) is 0 Å². The van der Waals surface area contributed by atoms with Gasteiger partial charge < -0.3 is 26.4 Å². The highest BCUT2D eigenvalue weighted by molar-refractivity contribution is 7.81. The van der Waals surface area contributed by atoms with Crippen LogP contribution in [0.2, 0.25) is 0 Å². The molecule has 30 heavy (non-hydrogen) atoms. The Morgan fingerprint density at radius 1 is 1.30 bits per heavy atom. The number of benzene rings is 1. The SMILES string of the molecule is CC(C)(O)CN1CCC(NCc2ccnc(N)c2)=C(C(=S)Nc2ccccc2)C1=O. The average molecular weight is 426 g/mol. The second kappa shape index (κ2) is 9.23. The minimum absolute atomic E-state index is 0.200. The lowest BCUT2D eigenvalue weighted by Gasteiger charge is -2.34. The molecule has 1 aliphatic rings. The zero-order chi connectivity index (χ0) is 21.7. The summed E-state index contributed by atoms with van der Waals surface area (Å²) in [4.78, 5) is 19.3. The maximum atomic E-state index is 13.3. The number of hydrogen-bond acceptors (Lipinski definition) is 6. The molecule has 1 aromatic carbocycles. The van der Waals surface area contributed by atoms with Crippen LogP contribution in [0.4, 0.5) is 11.5 Å². The zero-order valence-corrected chi connectivity index (χ0v) is 18.0. The fourth-order valence-electron chi connectivity index (χ4n) is 3.32. The van der Waals surface area contributed by atoms with Gasteiger partial charge in [0.15, 0.2) is 0 Å². The van der Waals surface area contributed by atoms with Crippen LogP contribution in [-0.2, 0) is 11.3 Å². The number of β-amino-alcohol motifs (C(OH)–C–C–N with tert-alkyl or cyclic N) is 1. The summed E-state index contributed by atoms with van der Waals surface area (Å²) >= 11 is 5.61. The summed E-state index contributed by atoms with van der Waals surface area (Å²) in [7, 11) is 0. The van der Waals surface area contributed by atoms with E-state index in [-0.39, 0.29) is 12.5 Å². The van der Waals surface area contributed by atoms with Crippen LogP contribution in [0.1, 0.15) is 25.8 Å². The molecule has 8 heteroatoms. The number of nitrogens with two attached hydrogens (primary N) is 1. The van der Waals surface area contributed by atoms with Gasteiger partial charge >= 0.3 is 0 Å². The van der Waals surface area contributed by atoms with Crippen molar-refractivity contribution in [2.24, 2.45) is 0 Å². The molecule has 0 spiro atoms. The summed E-state index contributed by atoms with van der Waals surface area (Å²) in [5, 5.41) is 16.7. The number of thiocarbonyl (C=S) groups is 1. The number of nitrogens with one attached hydrogen (secondary N) is 2. The summed E-state index contributed by atoms with van der Waals surface area (Å²) in [5.74, 6) is 0.245. The molecule has 0 saturated heterocycles. The minimum atomic E-state index is -0.991. The van der Waals surface area contributed by atoms with Crippen LogP contribution in [-0.4, -0.2) is 44.6 Å². The highest BCUT2D eigenvalue weighted by atomic mass is 32.1. The number of amides is 1. The molecule has 1 aliphatic heterocycles. The number of nitrogens with zero attached hydrogens (tertiary/aromatic N) is 2. The molecule has 3 rings (SSSR count). The fourth-order valence-corrected chi connectivity index (χ4v) is 3.65. The lowest BCUT2D eigenvalue weighted by atomic mass is 10.0. The number of aliphatic hydroxyl groups is 1. The van der Waals surface area contributed by atoms with Crippen LogP contribution in [0.25, 0.3) is 0 Å². The summed E-state index contributed by atoms with van der Waals surface area (Å²) < 4.78 is 0. The van der Waals surface area contributed by atoms with Crippen molar-refractivity contribution in [1.29, 1.82) is 0 Å². The van der Waals surface area contributed by atoms with E-state index in [2.05, 4.69) is 15.6 Å². The molecule has 2 heterocycles. The predicted octanol–water partition coefficient (Wildman–Crippen LogP) is 2.45. The van der Waals surface area contributed by atoms with Gasteiger partial charge in [-0.3, -0.25) is 4.79 Å². The van der Waals surface area contributed by atoms with Crippen LogP contribution < -0.4 is 16.4 Å². The van der Waals surface area contributed by atoms with Gasteiger partial charge in [-0.15, -0.1) is 0 Å². The number of pyridine rings is 1. The molecule has 0 fully saturated rings. The summed E-state index contributed by atoms with van der Waals surface area (Å²) in [6, 6.07) is 13.2. The Hall–Kier alpha value is -2.97. The van der Waals surface area contributed by atoms with Gasteiger partial charge in [-0.1, -0.05) is 30.4 Å². The molecule has 0 unspecified atom stereocenters. The van der Waals surface area contributed by atoms with Crippen molar-refractivity contribution in [1.82, 2.24) is 15.2 Å². The first-order chi connectivity index (χ1) is 14.2. The number of para-hydroxylation sites is 1. The van der Waals surface area contributed by atoms with Gasteiger partial charge in [0, 0.05) is 43.6 Å². The van der Waals surface area contributed by atoms with Gasteiger partial charge in [0.1, 0.15) is 10.8 Å². The zero-order valence-electron chi connectivity index (χ0n) is 17.2. The van der Waals surface area contributed by atoms with Gasteiger partial charge in [0.25, 0.3) is 5.91 Å². The molecule has 5 N–H and O–H groups in total. The molecule has 0 radical (unpaired) electrons. The smallest absolute Gasteiger partial charge is 0.258 e. The van der Waals surface area contributed by atoms with Crippen molar-refractivity contribution >= 4 is 34.6 Å². The van der Waals surface area contributed by atoms with Crippen molar-refractivity contribution in [3.63, 3.8) is 0 Å². The van der Waals surface area contributed by atoms with E-state index in [1.54, 1.807) is 31.0 Å². The van der Waals surface area contributed by atoms with E-state index >= 15 is 0 Å². The quantitative estimate of drug-likeness (QED) is 0.505. The predicted molar refractivity (Wildman–Crippen MR) is 123 cm³/mol. The van der Waals surface area contributed by atoms with E-state index in [0.717, 1.165) is 16.9 Å². The Morgan fingerprint density at radius 2 is 2.03 bits per heavy atom. The minimum Gasteiger partial charge on any atom is -0.389 e. The lowest BCUT2D eigenvalue weighted by Crippen LogP contribution is -2.48. The lowest BCUT2D eigenvalue weighted by molar-refractivity contribution is -0.130. The van der Waals surface area contributed by atoms with Crippen LogP contribution in [0.5, 0.6) is 0 Å². The number of anilines is 2. The van der Waals surface area contributed by atoms with E-state index in [1.165, 1.54) is 0 Å². The Kier molecular flexibility index (Phi) is 6.69. The van der Waals surface area contributed by atoms with Crippen molar-refractivity contribution in [2.75, 3.05) is 24.1 Å². The molecule has 2 aromatic rings. The van der Waals surface area contributed by atoms with Gasteiger partial charge in [-0.25, -0.2) is 4.98 Å². The number of nitrogen functional groups attached to an aromatic ring is 1. The number of hydrogen-bond donors (Lipinski definition) is 4. The number of carbonyl (C=O) groups is 1. The second-order valence-corrected chi connectivity index (χ2v) is 8.31. The fraction of sp³-hybridized carbons (Fsp3) is 0.318. The van der Waals surface area contributed by atoms with E-state index in [1.807, 2.05) is 36.4 Å². The molecule has 0 aliphatic carbocycles. The maximum Gasteiger partial charge on any atom is 0.258 e. The first-order valence-electron chi connectivity index (χ1n) is 9.78. The molecule has 0 bridgehead atoms. The first-order valence-corrected chi connectivity index (χ1v) is 10.2. The molecule has 7 nitrogen and oxygen atoms in total. The van der Waals surface area contributed by atoms with E-state index in [0.29, 0.717) is 35.9 Å². The van der Waals surface area contributed by atoms with Crippen LogP contribution >= 0.6 is 12.2 Å². The molecular weight excluding hydrogens is 398 g/mol. The third kappa shape index (κ3) is 5.77. The summed E-state index contributed by atoms with van der Waals surface area (Å²) in [5.41, 5.74) is 7.74. The monoisotopic (exact) mass is 425 g/mol. The van der Waals surface area contributed by atoms with Crippen LogP contribution in [0.15, 0.2) is 59.9 Å². The van der Waals surface area contributed by atoms with E-state index in [9.17, 15) is 9.90 Å². The number of carbonyl (C=O) groups excluding carboxylic acids is 1. The average Bonchev–Trinajstić information content (AvgIpc) is 2.68.